The molecule has 2 aliphatic rings. The van der Waals surface area contributed by atoms with E-state index in [-0.39, 0.29) is 17.9 Å². The monoisotopic (exact) mass is 474 g/mol. The molecular formula is C30H26N4O2. The van der Waals surface area contributed by atoms with Crippen LogP contribution in [-0.4, -0.2) is 27.6 Å². The van der Waals surface area contributed by atoms with Gasteiger partial charge in [-0.2, -0.15) is 5.10 Å². The van der Waals surface area contributed by atoms with Crippen molar-refractivity contribution in [3.05, 3.63) is 113 Å². The molecule has 0 spiro atoms. The fraction of sp³-hybridized carbons (Fsp3) is 0.167. The molecule has 0 atom stereocenters. The second-order valence-electron chi connectivity index (χ2n) is 9.29. The van der Waals surface area contributed by atoms with Crippen LogP contribution >= 0.6 is 0 Å². The number of rotatable bonds is 6. The van der Waals surface area contributed by atoms with E-state index < -0.39 is 0 Å². The molecule has 0 aliphatic heterocycles. The third-order valence-electron chi connectivity index (χ3n) is 6.58. The van der Waals surface area contributed by atoms with Crippen molar-refractivity contribution in [3.63, 3.8) is 0 Å². The summed E-state index contributed by atoms with van der Waals surface area (Å²) in [5.41, 5.74) is 6.63. The first-order valence-electron chi connectivity index (χ1n) is 12.3. The van der Waals surface area contributed by atoms with Gasteiger partial charge in [0, 0.05) is 22.9 Å². The number of para-hydroxylation sites is 1. The lowest BCUT2D eigenvalue weighted by molar-refractivity contribution is 0.0949. The lowest BCUT2D eigenvalue weighted by atomic mass is 10.1. The smallest absolute Gasteiger partial charge is 0.276 e. The Morgan fingerprint density at radius 1 is 0.861 bits per heavy atom. The maximum atomic E-state index is 13.4. The number of fused-ring (bicyclic) bond motifs is 1. The van der Waals surface area contributed by atoms with Crippen LogP contribution in [0.4, 0.5) is 5.69 Å². The number of carbonyl (C=O) groups excluding carboxylic acids is 2. The molecule has 0 saturated heterocycles. The van der Waals surface area contributed by atoms with Crippen LogP contribution in [0.3, 0.4) is 0 Å². The molecule has 6 rings (SSSR count). The Morgan fingerprint density at radius 3 is 2.36 bits per heavy atom. The summed E-state index contributed by atoms with van der Waals surface area (Å²) >= 11 is 0. The van der Waals surface area contributed by atoms with Gasteiger partial charge in [0.15, 0.2) is 5.69 Å². The third kappa shape index (κ3) is 4.45. The first-order valence-corrected chi connectivity index (χ1v) is 12.3. The van der Waals surface area contributed by atoms with Gasteiger partial charge in [-0.3, -0.25) is 9.59 Å². The first kappa shape index (κ1) is 22.0. The van der Waals surface area contributed by atoms with Crippen LogP contribution in [0, 0.1) is 0 Å². The molecule has 2 amide bonds. The zero-order chi connectivity index (χ0) is 24.5. The average molecular weight is 475 g/mol. The number of allylic oxidation sites excluding steroid dienone is 1. The molecule has 1 saturated carbocycles. The molecule has 0 unspecified atom stereocenters. The summed E-state index contributed by atoms with van der Waals surface area (Å²) < 4.78 is 1.88. The zero-order valence-corrected chi connectivity index (χ0v) is 19.8. The molecule has 2 aliphatic carbocycles. The van der Waals surface area contributed by atoms with Crippen molar-refractivity contribution >= 4 is 29.2 Å². The second kappa shape index (κ2) is 9.30. The summed E-state index contributed by atoms with van der Waals surface area (Å²) in [6, 6.07) is 27.4. The number of nitrogens with one attached hydrogen (secondary N) is 2. The topological polar surface area (TPSA) is 76.0 Å². The molecule has 0 bridgehead atoms. The Labute approximate surface area is 209 Å². The summed E-state index contributed by atoms with van der Waals surface area (Å²) in [6.07, 6.45) is 5.81. The van der Waals surface area contributed by atoms with Gasteiger partial charge < -0.3 is 10.6 Å². The van der Waals surface area contributed by atoms with Crippen LogP contribution < -0.4 is 10.6 Å². The van der Waals surface area contributed by atoms with E-state index in [0.717, 1.165) is 53.8 Å². The molecule has 3 aromatic carbocycles. The maximum Gasteiger partial charge on any atom is 0.276 e. The van der Waals surface area contributed by atoms with Gasteiger partial charge in [0.2, 0.25) is 0 Å². The Hall–Kier alpha value is -4.45. The Morgan fingerprint density at radius 2 is 1.61 bits per heavy atom. The van der Waals surface area contributed by atoms with Crippen LogP contribution in [0.2, 0.25) is 0 Å². The van der Waals surface area contributed by atoms with Crippen molar-refractivity contribution in [2.75, 3.05) is 5.32 Å². The largest absolute Gasteiger partial charge is 0.349 e. The second-order valence-corrected chi connectivity index (χ2v) is 9.29. The van der Waals surface area contributed by atoms with Crippen molar-refractivity contribution in [3.8, 4) is 5.69 Å². The molecule has 2 N–H and O–H groups in total. The predicted octanol–water partition coefficient (Wildman–Crippen LogP) is 5.50. The van der Waals surface area contributed by atoms with Crippen LogP contribution in [0.25, 0.3) is 17.3 Å². The van der Waals surface area contributed by atoms with E-state index >= 15 is 0 Å². The number of hydrogen-bond acceptors (Lipinski definition) is 3. The number of nitrogens with zero attached hydrogens (tertiary/aromatic N) is 2. The lowest BCUT2D eigenvalue weighted by Crippen LogP contribution is -2.25. The van der Waals surface area contributed by atoms with Crippen LogP contribution in [0.1, 0.15) is 56.9 Å². The number of anilines is 1. The summed E-state index contributed by atoms with van der Waals surface area (Å²) in [5.74, 6) is -0.389. The Kier molecular flexibility index (Phi) is 5.70. The number of amides is 2. The van der Waals surface area contributed by atoms with Gasteiger partial charge in [0.1, 0.15) is 0 Å². The van der Waals surface area contributed by atoms with Crippen molar-refractivity contribution in [2.24, 2.45) is 0 Å². The van der Waals surface area contributed by atoms with E-state index in [1.165, 1.54) is 0 Å². The zero-order valence-electron chi connectivity index (χ0n) is 19.8. The minimum atomic E-state index is -0.276. The van der Waals surface area contributed by atoms with E-state index in [4.69, 9.17) is 5.10 Å². The maximum absolute atomic E-state index is 13.4. The quantitative estimate of drug-likeness (QED) is 0.387. The predicted molar refractivity (Wildman–Crippen MR) is 141 cm³/mol. The third-order valence-corrected chi connectivity index (χ3v) is 6.58. The SMILES string of the molecule is O=C(NC1CC1)c1cccc(NC(=O)c2nn(-c3ccccc3)c3c2CC/C3=C\c2ccccc2)c1. The molecule has 1 heterocycles. The lowest BCUT2D eigenvalue weighted by Gasteiger charge is -2.08. The van der Waals surface area contributed by atoms with E-state index in [1.807, 2.05) is 53.2 Å². The first-order chi connectivity index (χ1) is 17.7. The van der Waals surface area contributed by atoms with Gasteiger partial charge in [-0.25, -0.2) is 4.68 Å². The summed E-state index contributed by atoms with van der Waals surface area (Å²) in [5, 5.41) is 10.7. The van der Waals surface area contributed by atoms with Crippen LogP contribution in [-0.2, 0) is 6.42 Å². The molecule has 6 heteroatoms. The van der Waals surface area contributed by atoms with Gasteiger partial charge >= 0.3 is 0 Å². The molecule has 178 valence electrons. The molecule has 6 nitrogen and oxygen atoms in total. The van der Waals surface area contributed by atoms with Gasteiger partial charge in [-0.1, -0.05) is 54.6 Å². The fourth-order valence-corrected chi connectivity index (χ4v) is 4.65. The molecule has 4 aromatic rings. The summed E-state index contributed by atoms with van der Waals surface area (Å²) in [7, 11) is 0. The molecular weight excluding hydrogens is 448 g/mol. The summed E-state index contributed by atoms with van der Waals surface area (Å²) in [6.45, 7) is 0. The van der Waals surface area contributed by atoms with E-state index in [2.05, 4.69) is 28.8 Å². The van der Waals surface area contributed by atoms with Crippen molar-refractivity contribution in [1.82, 2.24) is 15.1 Å². The van der Waals surface area contributed by atoms with Crippen molar-refractivity contribution < 1.29 is 9.59 Å². The van der Waals surface area contributed by atoms with Gasteiger partial charge in [-0.15, -0.1) is 0 Å². The standard InChI is InChI=1S/C30H26N4O2/c35-29(31-23-15-16-23)22-10-7-11-24(19-22)32-30(36)27-26-17-14-21(18-20-8-3-1-4-9-20)28(26)34(33-27)25-12-5-2-6-13-25/h1-13,18-19,23H,14-17H2,(H,31,35)(H,32,36)/b21-18+. The molecule has 36 heavy (non-hydrogen) atoms. The number of hydrogen-bond donors (Lipinski definition) is 2. The van der Waals surface area contributed by atoms with Crippen molar-refractivity contribution in [1.29, 1.82) is 0 Å². The Bertz CT molecular complexity index is 1470. The van der Waals surface area contributed by atoms with Crippen LogP contribution in [0.15, 0.2) is 84.9 Å². The highest BCUT2D eigenvalue weighted by Crippen LogP contribution is 2.37. The number of benzene rings is 3. The van der Waals surface area contributed by atoms with E-state index in [0.29, 0.717) is 16.9 Å². The normalized spacial score (nSPS) is 15.5. The highest BCUT2D eigenvalue weighted by Gasteiger charge is 2.30. The number of carbonyl (C=O) groups is 2. The van der Waals surface area contributed by atoms with E-state index in [9.17, 15) is 9.59 Å². The van der Waals surface area contributed by atoms with Gasteiger partial charge in [0.25, 0.3) is 11.8 Å². The van der Waals surface area contributed by atoms with Gasteiger partial charge in [-0.05, 0) is 73.2 Å². The Balaban J connectivity index is 1.34. The van der Waals surface area contributed by atoms with E-state index in [1.54, 1.807) is 24.3 Å². The molecule has 0 radical (unpaired) electrons. The van der Waals surface area contributed by atoms with Crippen molar-refractivity contribution in [2.45, 2.75) is 31.7 Å². The average Bonchev–Trinajstić information content (AvgIpc) is 3.50. The number of aromatic nitrogens is 2. The minimum absolute atomic E-state index is 0.112. The molecule has 1 aromatic heterocycles. The molecule has 1 fully saturated rings. The highest BCUT2D eigenvalue weighted by molar-refractivity contribution is 6.06. The highest BCUT2D eigenvalue weighted by atomic mass is 16.2. The van der Waals surface area contributed by atoms with Gasteiger partial charge in [0.05, 0.1) is 11.4 Å². The fourth-order valence-electron chi connectivity index (χ4n) is 4.65. The van der Waals surface area contributed by atoms with Crippen LogP contribution in [0.5, 0.6) is 0 Å². The minimum Gasteiger partial charge on any atom is -0.349 e. The summed E-state index contributed by atoms with van der Waals surface area (Å²) in [4.78, 5) is 25.9.